The number of rotatable bonds is 1. The van der Waals surface area contributed by atoms with Crippen molar-refractivity contribution >= 4 is 16.7 Å². The smallest absolute Gasteiger partial charge is 0.254 e. The van der Waals surface area contributed by atoms with Crippen LogP contribution in [0.1, 0.15) is 41.3 Å². The molecule has 4 rings (SSSR count). The van der Waals surface area contributed by atoms with Crippen LogP contribution < -0.4 is 0 Å². The second kappa shape index (κ2) is 4.87. The van der Waals surface area contributed by atoms with E-state index in [0.29, 0.717) is 0 Å². The first-order valence-corrected chi connectivity index (χ1v) is 8.07. The van der Waals surface area contributed by atoms with E-state index < -0.39 is 0 Å². The van der Waals surface area contributed by atoms with Gasteiger partial charge in [-0.25, -0.2) is 0 Å². The molecule has 2 nitrogen and oxygen atoms in total. The summed E-state index contributed by atoms with van der Waals surface area (Å²) < 4.78 is 0. The number of nitrogens with zero attached hydrogens (tertiary/aromatic N) is 1. The lowest BCUT2D eigenvalue weighted by Gasteiger charge is -2.30. The summed E-state index contributed by atoms with van der Waals surface area (Å²) in [6.07, 6.45) is 4.50. The van der Waals surface area contributed by atoms with Crippen LogP contribution in [0.25, 0.3) is 10.8 Å². The van der Waals surface area contributed by atoms with Gasteiger partial charge < -0.3 is 4.90 Å². The number of piperidine rings is 1. The van der Waals surface area contributed by atoms with Crippen LogP contribution in [0, 0.1) is 5.92 Å². The molecule has 1 heterocycles. The van der Waals surface area contributed by atoms with E-state index in [-0.39, 0.29) is 5.91 Å². The summed E-state index contributed by atoms with van der Waals surface area (Å²) in [4.78, 5) is 14.9. The summed E-state index contributed by atoms with van der Waals surface area (Å²) in [7, 11) is 0. The van der Waals surface area contributed by atoms with Gasteiger partial charge in [-0.1, -0.05) is 31.2 Å². The van der Waals surface area contributed by atoms with E-state index in [2.05, 4.69) is 31.2 Å². The molecule has 1 fully saturated rings. The van der Waals surface area contributed by atoms with E-state index in [1.807, 2.05) is 11.0 Å². The number of amides is 1. The third kappa shape index (κ3) is 2.05. The lowest BCUT2D eigenvalue weighted by Crippen LogP contribution is -2.38. The van der Waals surface area contributed by atoms with Crippen molar-refractivity contribution in [3.05, 3.63) is 47.0 Å². The zero-order valence-electron chi connectivity index (χ0n) is 12.6. The fourth-order valence-corrected chi connectivity index (χ4v) is 3.82. The van der Waals surface area contributed by atoms with E-state index in [4.69, 9.17) is 0 Å². The predicted molar refractivity (Wildman–Crippen MR) is 85.7 cm³/mol. The van der Waals surface area contributed by atoms with Gasteiger partial charge in [0.15, 0.2) is 0 Å². The second-order valence-corrected chi connectivity index (χ2v) is 6.59. The monoisotopic (exact) mass is 279 g/mol. The minimum atomic E-state index is 0.220. The van der Waals surface area contributed by atoms with Crippen molar-refractivity contribution in [2.24, 2.45) is 5.92 Å². The first-order chi connectivity index (χ1) is 10.2. The maximum Gasteiger partial charge on any atom is 0.254 e. The third-order valence-corrected chi connectivity index (χ3v) is 5.18. The van der Waals surface area contributed by atoms with E-state index in [0.717, 1.165) is 55.6 Å². The molecular weight excluding hydrogens is 258 g/mol. The summed E-state index contributed by atoms with van der Waals surface area (Å²) in [5, 5.41) is 2.50. The highest BCUT2D eigenvalue weighted by molar-refractivity contribution is 6.09. The molecule has 0 radical (unpaired) electrons. The van der Waals surface area contributed by atoms with E-state index >= 15 is 0 Å². The average molecular weight is 279 g/mol. The Morgan fingerprint density at radius 2 is 1.76 bits per heavy atom. The molecule has 1 amide bonds. The van der Waals surface area contributed by atoms with Gasteiger partial charge in [0.2, 0.25) is 0 Å². The number of hydrogen-bond donors (Lipinski definition) is 0. The van der Waals surface area contributed by atoms with Gasteiger partial charge in [0, 0.05) is 18.7 Å². The first kappa shape index (κ1) is 12.9. The lowest BCUT2D eigenvalue weighted by atomic mass is 9.96. The molecule has 2 aliphatic rings. The molecule has 2 aromatic carbocycles. The van der Waals surface area contributed by atoms with E-state index in [1.165, 1.54) is 16.5 Å². The Bertz CT molecular complexity index is 701. The Hall–Kier alpha value is -1.83. The van der Waals surface area contributed by atoms with E-state index in [9.17, 15) is 4.79 Å². The summed E-state index contributed by atoms with van der Waals surface area (Å²) in [6.45, 7) is 4.09. The van der Waals surface area contributed by atoms with Crippen molar-refractivity contribution in [1.29, 1.82) is 0 Å². The van der Waals surface area contributed by atoms with Crippen molar-refractivity contribution in [3.8, 4) is 0 Å². The van der Waals surface area contributed by atoms with Crippen LogP contribution in [0.2, 0.25) is 0 Å². The molecule has 0 saturated carbocycles. The van der Waals surface area contributed by atoms with Gasteiger partial charge in [-0.3, -0.25) is 4.79 Å². The van der Waals surface area contributed by atoms with Crippen LogP contribution in [0.15, 0.2) is 30.3 Å². The van der Waals surface area contributed by atoms with Crippen molar-refractivity contribution < 1.29 is 4.79 Å². The zero-order chi connectivity index (χ0) is 14.4. The summed E-state index contributed by atoms with van der Waals surface area (Å²) in [6, 6.07) is 10.6. The molecule has 2 heteroatoms. The van der Waals surface area contributed by atoms with Gasteiger partial charge in [0.05, 0.1) is 0 Å². The van der Waals surface area contributed by atoms with Gasteiger partial charge in [0.1, 0.15) is 0 Å². The van der Waals surface area contributed by atoms with Gasteiger partial charge in [0.25, 0.3) is 5.91 Å². The zero-order valence-corrected chi connectivity index (χ0v) is 12.6. The molecule has 2 aromatic rings. The van der Waals surface area contributed by atoms with Crippen molar-refractivity contribution in [1.82, 2.24) is 4.90 Å². The van der Waals surface area contributed by atoms with Crippen molar-refractivity contribution in [2.75, 3.05) is 13.1 Å². The molecule has 21 heavy (non-hydrogen) atoms. The van der Waals surface area contributed by atoms with Crippen LogP contribution >= 0.6 is 0 Å². The maximum atomic E-state index is 12.9. The molecule has 108 valence electrons. The van der Waals surface area contributed by atoms with Crippen LogP contribution in [0.4, 0.5) is 0 Å². The average Bonchev–Trinajstić information content (AvgIpc) is 2.93. The number of benzene rings is 2. The fourth-order valence-electron chi connectivity index (χ4n) is 3.82. The van der Waals surface area contributed by atoms with Gasteiger partial charge >= 0.3 is 0 Å². The molecule has 0 aromatic heterocycles. The Labute approximate surface area is 125 Å². The SMILES string of the molecule is CC1CCN(C(=O)c2ccc3c4c(cccc24)CC3)CC1. The molecule has 0 atom stereocenters. The van der Waals surface area contributed by atoms with E-state index in [1.54, 1.807) is 0 Å². The molecule has 0 N–H and O–H groups in total. The Morgan fingerprint density at radius 1 is 1.05 bits per heavy atom. The molecule has 1 aliphatic heterocycles. The molecule has 0 spiro atoms. The standard InChI is InChI=1S/C19H21NO/c1-13-9-11-20(12-10-13)19(21)17-8-7-15-6-5-14-3-2-4-16(17)18(14)15/h2-4,7-8,13H,5-6,9-12H2,1H3. The van der Waals surface area contributed by atoms with Crippen LogP contribution in [-0.4, -0.2) is 23.9 Å². The first-order valence-electron chi connectivity index (χ1n) is 8.07. The Kier molecular flexibility index (Phi) is 2.99. The maximum absolute atomic E-state index is 12.9. The second-order valence-electron chi connectivity index (χ2n) is 6.59. The minimum Gasteiger partial charge on any atom is -0.339 e. The van der Waals surface area contributed by atoms with Crippen LogP contribution in [0.5, 0.6) is 0 Å². The van der Waals surface area contributed by atoms with Gasteiger partial charge in [-0.05, 0) is 59.6 Å². The largest absolute Gasteiger partial charge is 0.339 e. The Morgan fingerprint density at radius 3 is 2.52 bits per heavy atom. The van der Waals surface area contributed by atoms with Crippen molar-refractivity contribution in [3.63, 3.8) is 0 Å². The number of carbonyl (C=O) groups is 1. The summed E-state index contributed by atoms with van der Waals surface area (Å²) >= 11 is 0. The van der Waals surface area contributed by atoms with Crippen LogP contribution in [0.3, 0.4) is 0 Å². The summed E-state index contributed by atoms with van der Waals surface area (Å²) in [5.41, 5.74) is 3.71. The highest BCUT2D eigenvalue weighted by atomic mass is 16.2. The van der Waals surface area contributed by atoms with Crippen LogP contribution in [-0.2, 0) is 12.8 Å². The normalized spacial score (nSPS) is 18.4. The lowest BCUT2D eigenvalue weighted by molar-refractivity contribution is 0.0699. The third-order valence-electron chi connectivity index (χ3n) is 5.18. The highest BCUT2D eigenvalue weighted by Gasteiger charge is 2.24. The van der Waals surface area contributed by atoms with Crippen molar-refractivity contribution in [2.45, 2.75) is 32.6 Å². The van der Waals surface area contributed by atoms with Gasteiger partial charge in [-0.15, -0.1) is 0 Å². The number of likely N-dealkylation sites (tertiary alicyclic amines) is 1. The quantitative estimate of drug-likeness (QED) is 0.777. The number of hydrogen-bond acceptors (Lipinski definition) is 1. The van der Waals surface area contributed by atoms with Gasteiger partial charge in [-0.2, -0.15) is 0 Å². The molecule has 1 aliphatic carbocycles. The Balaban J connectivity index is 1.76. The predicted octanol–water partition coefficient (Wildman–Crippen LogP) is 3.81. The minimum absolute atomic E-state index is 0.220. The molecule has 0 bridgehead atoms. The number of aryl methyl sites for hydroxylation is 2. The number of carbonyl (C=O) groups excluding carboxylic acids is 1. The fraction of sp³-hybridized carbons (Fsp3) is 0.421. The highest BCUT2D eigenvalue weighted by Crippen LogP contribution is 2.33. The molecular formula is C19H21NO. The molecule has 0 unspecified atom stereocenters. The molecule has 1 saturated heterocycles. The summed E-state index contributed by atoms with van der Waals surface area (Å²) in [5.74, 6) is 0.972. The topological polar surface area (TPSA) is 20.3 Å².